The van der Waals surface area contributed by atoms with Crippen molar-refractivity contribution in [2.75, 3.05) is 69.1 Å². The zero-order chi connectivity index (χ0) is 94.2. The van der Waals surface area contributed by atoms with Crippen molar-refractivity contribution >= 4 is 121 Å². The van der Waals surface area contributed by atoms with Gasteiger partial charge in [0.1, 0.15) is 6.61 Å². The molecule has 33 heteroatoms. The van der Waals surface area contributed by atoms with Crippen LogP contribution in [0.4, 0.5) is 0 Å². The number of aliphatic carboxylic acids is 1. The van der Waals surface area contributed by atoms with Crippen LogP contribution in [-0.4, -0.2) is 192 Å². The van der Waals surface area contributed by atoms with Gasteiger partial charge in [-0.1, -0.05) is 71.2 Å². The van der Waals surface area contributed by atoms with Gasteiger partial charge in [0.25, 0.3) is 0 Å². The van der Waals surface area contributed by atoms with Gasteiger partial charge in [0.05, 0.1) is 122 Å². The summed E-state index contributed by atoms with van der Waals surface area (Å²) >= 11 is 0. The largest absolute Gasteiger partial charge is 3.00 e. The van der Waals surface area contributed by atoms with Crippen molar-refractivity contribution in [3.8, 4) is 0 Å². The molecule has 11 heterocycles. The number of hydrogen-bond donors (Lipinski definition) is 3. The van der Waals surface area contributed by atoms with Crippen molar-refractivity contribution in [3.05, 3.63) is 153 Å². The molecule has 690 valence electrons. The van der Waals surface area contributed by atoms with Gasteiger partial charge in [-0.3, -0.25) is 58.1 Å². The molecule has 4 aromatic rings. The Morgan fingerprint density at radius 3 is 1.77 bits per heavy atom. The first-order valence-electron chi connectivity index (χ1n) is 42.8. The quantitative estimate of drug-likeness (QED) is 0.0165. The molecule has 11 rings (SSSR count). The van der Waals surface area contributed by atoms with Gasteiger partial charge < -0.3 is 86.7 Å². The molecular formula is C96H118CoN13O19. The van der Waals surface area contributed by atoms with Crippen molar-refractivity contribution in [1.29, 1.82) is 10.5 Å². The minimum atomic E-state index is -1.47. The molecule has 7 aliphatic heterocycles. The average molecular weight is 1820 g/mol. The van der Waals surface area contributed by atoms with Gasteiger partial charge >= 0.3 is 70.5 Å². The third-order valence-corrected chi connectivity index (χ3v) is 27.1. The second-order valence-electron chi connectivity index (χ2n) is 34.6. The molecule has 0 amide bonds. The van der Waals surface area contributed by atoms with Gasteiger partial charge in [0.15, 0.2) is 0 Å². The van der Waals surface area contributed by atoms with Crippen LogP contribution in [0.25, 0.3) is 55.8 Å². The van der Waals surface area contributed by atoms with Crippen LogP contribution in [0.1, 0.15) is 216 Å². The molecule has 16 bridgehead atoms. The second kappa shape index (κ2) is 43.8. The molecule has 1 fully saturated rings. The Morgan fingerprint density at radius 2 is 1.14 bits per heavy atom. The fraction of sp³-hybridized carbons (Fsp3) is 0.521. The summed E-state index contributed by atoms with van der Waals surface area (Å²) in [6.45, 7) is 41.8. The molecule has 32 nitrogen and oxygen atoms in total. The van der Waals surface area contributed by atoms with Crippen molar-refractivity contribution in [1.82, 2.24) is 34.9 Å². The fourth-order valence-corrected chi connectivity index (χ4v) is 19.5. The van der Waals surface area contributed by atoms with Crippen molar-refractivity contribution in [3.63, 3.8) is 0 Å². The zero-order valence-electron chi connectivity index (χ0n) is 77.0. The monoisotopic (exact) mass is 1820 g/mol. The summed E-state index contributed by atoms with van der Waals surface area (Å²) in [6.07, 6.45) is 8.14. The number of carbonyl (C=O) groups is 9. The summed E-state index contributed by atoms with van der Waals surface area (Å²) < 4.78 is 51.5. The van der Waals surface area contributed by atoms with Crippen LogP contribution >= 0.6 is 0 Å². The Balaban J connectivity index is 0.00000405. The Hall–Kier alpha value is -12.1. The molecule has 0 aromatic carbocycles. The molecule has 0 radical (unpaired) electrons. The van der Waals surface area contributed by atoms with E-state index in [2.05, 4.69) is 33.4 Å². The Morgan fingerprint density at radius 1 is 0.566 bits per heavy atom. The molecular weight excluding hydrogens is 1700 g/mol. The first-order valence-corrected chi connectivity index (χ1v) is 42.8. The Kier molecular flexibility index (Phi) is 34.8. The molecule has 1 unspecified atom stereocenters. The van der Waals surface area contributed by atoms with Crippen LogP contribution < -0.4 is 0 Å². The number of methoxy groups -OCH3 is 6. The molecule has 9 atom stereocenters. The van der Waals surface area contributed by atoms with Gasteiger partial charge in [-0.05, 0) is 186 Å². The standard InChI is InChI=1S/C94H119N11O19.2CN.Co/c1-21-58-51(3)66-43-67-54(6)61(73(97-67)46-72-60(25-30-76(106)107)53(5)69(98-72)45-71-59(22-2)52(4)68(96-71)44-70(58)95-66)26-31-81(112)124-41-40-122-39-37-105-50-57(103-104-105)24-23-38-123-84(115)48-92(12)62(27-32-77(108)116-15)74-47-75-90(9,10)63(28-33-78(109)117-16)85(100-75)55(7)87-91(11,36-35-80(111)119-18)65(42-82(113)120-19)89(101-87)94(14)93(13,49-83(114)121-20)64(29-34-79(110)118-17)86(102-94)56(8)88(92)99-74;2*1-2;/h21-22,43-47,50,62-65,89H,1-2,23-42,48-49H2,3-20H3,(H4,95,96,97,98,99,100,101,102,103,104,106,107);;;/q;2*-1;+3/p-1/t62-,63-,64-,65+,89?,91-,92+,93+,94+;;;/m1.../s1. The maximum absolute atomic E-state index is 15.0. The number of rotatable bonds is 36. The number of allylic oxidation sites excluding steroid dienone is 11. The summed E-state index contributed by atoms with van der Waals surface area (Å²) in [5.74, 6) is -7.82. The third-order valence-electron chi connectivity index (χ3n) is 27.1. The maximum atomic E-state index is 15.0. The number of H-pyrrole nitrogens is 2. The van der Waals surface area contributed by atoms with Crippen LogP contribution in [-0.2, 0) is 122 Å². The van der Waals surface area contributed by atoms with E-state index in [1.54, 1.807) is 17.0 Å². The SMILES string of the molecule is C=CC1=C(C)c2cc3[nH]c(cc4nc(cc5[nH]c(cc1n2)c(C)c5CCC(=O)O)C(CCC(=O)OCCOCCn1cc(CCCOC(=O)C[C@]2(C)/C5=C(\C)C6=N[C@@](C)(C7[N-]/C(=C(/C)C8=N/C(=C\C(=N5)[C@H]2CCC(=O)OC)C(C)(C)[C@@H]8CCC(=O)OC)[C@](C)(CCC(=O)OC)[C@H]7CC(=O)OC)[C@@](C)(CC(=O)OC)[C@@H]6CCC(=O)OC)nn1)=C4C)c(C)c3C=C.[C-]#N.[C-]#N.[Co+3]. The van der Waals surface area contributed by atoms with E-state index < -0.39 is 111 Å². The number of nitrogens with one attached hydrogen (secondary N) is 2. The van der Waals surface area contributed by atoms with Crippen LogP contribution in [0, 0.1) is 82.8 Å². The van der Waals surface area contributed by atoms with E-state index in [4.69, 9.17) is 96.6 Å². The van der Waals surface area contributed by atoms with Gasteiger partial charge in [-0.2, -0.15) is 5.70 Å². The molecule has 3 N–H and O–H groups in total. The molecule has 0 saturated carbocycles. The summed E-state index contributed by atoms with van der Waals surface area (Å²) in [4.78, 5) is 157. The number of carboxylic acids is 1. The van der Waals surface area contributed by atoms with E-state index in [0.29, 0.717) is 99.5 Å². The number of aliphatic imine (C=N–C) groups is 3. The van der Waals surface area contributed by atoms with E-state index in [9.17, 15) is 43.5 Å². The van der Waals surface area contributed by atoms with E-state index >= 15 is 4.79 Å². The number of fused-ring (bicyclic) bond motifs is 14. The number of esters is 8. The minimum Gasteiger partial charge on any atom is -0.682 e. The van der Waals surface area contributed by atoms with Gasteiger partial charge in [0, 0.05) is 141 Å². The Bertz CT molecular complexity index is 5530. The number of aromatic amines is 2. The van der Waals surface area contributed by atoms with Crippen LogP contribution in [0.2, 0.25) is 0 Å². The second-order valence-corrected chi connectivity index (χ2v) is 34.6. The van der Waals surface area contributed by atoms with Crippen LogP contribution in [0.5, 0.6) is 0 Å². The predicted octanol–water partition coefficient (Wildman–Crippen LogP) is 15.1. The summed E-state index contributed by atoms with van der Waals surface area (Å²) in [6, 6.07) is 6.92. The van der Waals surface area contributed by atoms with E-state index in [-0.39, 0.29) is 133 Å². The van der Waals surface area contributed by atoms with E-state index in [0.717, 1.165) is 66.8 Å². The van der Waals surface area contributed by atoms with Gasteiger partial charge in [-0.25, -0.2) is 14.6 Å². The zero-order valence-corrected chi connectivity index (χ0v) is 78.1. The number of carboxylic acid groups (broad SMARTS) is 1. The minimum absolute atomic E-state index is 0. The number of nitrogens with zero attached hydrogens (tertiary/aromatic N) is 11. The molecule has 129 heavy (non-hydrogen) atoms. The number of aryl methyl sites for hydroxylation is 4. The molecule has 1 saturated heterocycles. The summed E-state index contributed by atoms with van der Waals surface area (Å²) in [5.41, 5.74) is 11.8. The summed E-state index contributed by atoms with van der Waals surface area (Å²) in [7, 11) is 7.81. The van der Waals surface area contributed by atoms with Crippen LogP contribution in [0.15, 0.2) is 99.0 Å². The maximum Gasteiger partial charge on any atom is 3.00 e. The fourth-order valence-electron chi connectivity index (χ4n) is 19.5. The number of hydrogen-bond acceptors (Lipinski definition) is 27. The van der Waals surface area contributed by atoms with E-state index in [1.807, 2.05) is 120 Å². The van der Waals surface area contributed by atoms with Crippen molar-refractivity contribution in [2.24, 2.45) is 60.3 Å². The van der Waals surface area contributed by atoms with Crippen molar-refractivity contribution in [2.45, 2.75) is 210 Å². The topological polar surface area (TPSA) is 444 Å². The molecule has 4 aromatic heterocycles. The average Bonchev–Trinajstić information content (AvgIpc) is 1.52. The molecule has 7 aliphatic rings. The molecule has 0 spiro atoms. The predicted molar refractivity (Wildman–Crippen MR) is 478 cm³/mol. The number of aromatic nitrogens is 7. The van der Waals surface area contributed by atoms with Crippen molar-refractivity contribution < 1.29 is 108 Å². The van der Waals surface area contributed by atoms with Gasteiger partial charge in [0.2, 0.25) is 0 Å². The summed E-state index contributed by atoms with van der Waals surface area (Å²) in [5, 5.41) is 36.8. The normalized spacial score (nSPS) is 23.7. The first kappa shape index (κ1) is 102. The van der Waals surface area contributed by atoms with E-state index in [1.165, 1.54) is 42.7 Å². The van der Waals surface area contributed by atoms with Gasteiger partial charge in [-0.15, -0.1) is 5.10 Å². The van der Waals surface area contributed by atoms with Crippen LogP contribution in [0.3, 0.4) is 0 Å². The number of ether oxygens (including phenoxy) is 9. The third kappa shape index (κ3) is 21.6. The molecule has 0 aliphatic carbocycles. The Labute approximate surface area is 763 Å². The number of carbonyl (C=O) groups excluding carboxylic acids is 8. The first-order chi connectivity index (χ1) is 60.9. The smallest absolute Gasteiger partial charge is 0.682 e.